The lowest BCUT2D eigenvalue weighted by Gasteiger charge is -2.09. The van der Waals surface area contributed by atoms with Crippen molar-refractivity contribution in [1.82, 2.24) is 4.98 Å². The van der Waals surface area contributed by atoms with Crippen LogP contribution in [0.2, 0.25) is 0 Å². The van der Waals surface area contributed by atoms with Crippen LogP contribution in [-0.2, 0) is 11.2 Å². The number of carbonyl (C=O) groups excluding carboxylic acids is 1. The number of thioether (sulfide) groups is 1. The molecular weight excluding hydrogens is 322 g/mol. The van der Waals surface area contributed by atoms with Gasteiger partial charge in [0.25, 0.3) is 0 Å². The van der Waals surface area contributed by atoms with E-state index in [0.717, 1.165) is 15.8 Å². The summed E-state index contributed by atoms with van der Waals surface area (Å²) in [7, 11) is 0. The van der Waals surface area contributed by atoms with Gasteiger partial charge in [-0.05, 0) is 39.2 Å². The Bertz CT molecular complexity index is 629. The van der Waals surface area contributed by atoms with Crippen molar-refractivity contribution in [1.29, 1.82) is 0 Å². The van der Waals surface area contributed by atoms with Gasteiger partial charge in [0.2, 0.25) is 0 Å². The van der Waals surface area contributed by atoms with Crippen LogP contribution in [0.4, 0.5) is 0 Å². The largest absolute Gasteiger partial charge is 0.299 e. The lowest BCUT2D eigenvalue weighted by atomic mass is 9.93. The molecule has 0 radical (unpaired) electrons. The molecule has 3 rings (SSSR count). The molecule has 2 heterocycles. The van der Waals surface area contributed by atoms with E-state index in [1.54, 1.807) is 24.2 Å². The summed E-state index contributed by atoms with van der Waals surface area (Å²) in [5.74, 6) is 1.16. The highest BCUT2D eigenvalue weighted by Crippen LogP contribution is 2.40. The summed E-state index contributed by atoms with van der Waals surface area (Å²) in [4.78, 5) is 17.8. The Morgan fingerprint density at radius 2 is 2.21 bits per heavy atom. The summed E-state index contributed by atoms with van der Waals surface area (Å²) in [5.41, 5.74) is 2.15. The molecule has 1 aromatic heterocycles. The Balaban J connectivity index is 1.79. The second kappa shape index (κ2) is 5.47. The van der Waals surface area contributed by atoms with Crippen LogP contribution in [0, 0.1) is 0 Å². The van der Waals surface area contributed by atoms with Crippen molar-refractivity contribution in [2.45, 2.75) is 17.2 Å². The first-order valence-corrected chi connectivity index (χ1v) is 7.86. The average Bonchev–Trinajstić information content (AvgIpc) is 2.82. The third-order valence-electron chi connectivity index (χ3n) is 3.23. The molecule has 1 aliphatic heterocycles. The lowest BCUT2D eigenvalue weighted by molar-refractivity contribution is -0.119. The number of benzene rings is 1. The predicted octanol–water partition coefficient (Wildman–Crippen LogP) is 3.85. The molecule has 19 heavy (non-hydrogen) atoms. The number of hydrogen-bond donors (Lipinski definition) is 0. The quantitative estimate of drug-likeness (QED) is 0.854. The molecule has 1 aliphatic rings. The van der Waals surface area contributed by atoms with E-state index >= 15 is 0 Å². The molecule has 0 aliphatic carbocycles. The van der Waals surface area contributed by atoms with Crippen LogP contribution in [-0.4, -0.2) is 16.5 Å². The van der Waals surface area contributed by atoms with Crippen molar-refractivity contribution < 1.29 is 4.79 Å². The molecule has 96 valence electrons. The van der Waals surface area contributed by atoms with Crippen LogP contribution >= 0.6 is 27.7 Å². The van der Waals surface area contributed by atoms with E-state index in [1.165, 1.54) is 10.5 Å². The minimum Gasteiger partial charge on any atom is -0.299 e. The van der Waals surface area contributed by atoms with Gasteiger partial charge in [0.15, 0.2) is 0 Å². The summed E-state index contributed by atoms with van der Waals surface area (Å²) in [6.07, 6.45) is 3.94. The van der Waals surface area contributed by atoms with Gasteiger partial charge in [-0.25, -0.2) is 0 Å². The number of nitrogens with zero attached hydrogens (tertiary/aromatic N) is 1. The van der Waals surface area contributed by atoms with Crippen molar-refractivity contribution in [2.24, 2.45) is 0 Å². The molecule has 0 bridgehead atoms. The van der Waals surface area contributed by atoms with Crippen LogP contribution in [0.1, 0.15) is 17.0 Å². The normalized spacial score (nSPS) is 17.2. The van der Waals surface area contributed by atoms with Crippen LogP contribution in [0.25, 0.3) is 0 Å². The van der Waals surface area contributed by atoms with E-state index in [4.69, 9.17) is 0 Å². The van der Waals surface area contributed by atoms with E-state index in [9.17, 15) is 4.79 Å². The SMILES string of the molecule is O=C(Cc1cncc(Br)c1)C1CSc2ccccc21. The van der Waals surface area contributed by atoms with E-state index < -0.39 is 0 Å². The van der Waals surface area contributed by atoms with E-state index in [-0.39, 0.29) is 11.7 Å². The Morgan fingerprint density at radius 3 is 3.05 bits per heavy atom. The van der Waals surface area contributed by atoms with Gasteiger partial charge in [-0.15, -0.1) is 11.8 Å². The smallest absolute Gasteiger partial charge is 0.145 e. The number of aromatic nitrogens is 1. The summed E-state index contributed by atoms with van der Waals surface area (Å²) in [6.45, 7) is 0. The zero-order chi connectivity index (χ0) is 13.2. The maximum atomic E-state index is 12.4. The number of hydrogen-bond acceptors (Lipinski definition) is 3. The van der Waals surface area contributed by atoms with Crippen LogP contribution in [0.3, 0.4) is 0 Å². The van der Waals surface area contributed by atoms with Gasteiger partial charge in [0.05, 0.1) is 5.92 Å². The minimum absolute atomic E-state index is 0.0279. The van der Waals surface area contributed by atoms with Gasteiger partial charge in [0.1, 0.15) is 5.78 Å². The van der Waals surface area contributed by atoms with Gasteiger partial charge in [-0.1, -0.05) is 18.2 Å². The van der Waals surface area contributed by atoms with Gasteiger partial charge >= 0.3 is 0 Å². The van der Waals surface area contributed by atoms with Crippen LogP contribution in [0.5, 0.6) is 0 Å². The molecular formula is C15H12BrNOS. The van der Waals surface area contributed by atoms with Gasteiger partial charge in [0, 0.05) is 33.9 Å². The summed E-state index contributed by atoms with van der Waals surface area (Å²) < 4.78 is 0.916. The molecule has 0 spiro atoms. The van der Waals surface area contributed by atoms with E-state index in [0.29, 0.717) is 6.42 Å². The number of pyridine rings is 1. The number of rotatable bonds is 3. The molecule has 0 saturated carbocycles. The number of Topliss-reactive ketones (excluding diaryl/α,β-unsaturated/α-hetero) is 1. The van der Waals surface area contributed by atoms with Crippen molar-refractivity contribution >= 4 is 33.5 Å². The summed E-state index contributed by atoms with van der Waals surface area (Å²) >= 11 is 5.16. The number of halogens is 1. The Labute approximate surface area is 124 Å². The molecule has 1 atom stereocenters. The number of carbonyl (C=O) groups is 1. The molecule has 0 fully saturated rings. The fraction of sp³-hybridized carbons (Fsp3) is 0.200. The topological polar surface area (TPSA) is 30.0 Å². The third kappa shape index (κ3) is 2.74. The Morgan fingerprint density at radius 1 is 1.37 bits per heavy atom. The first kappa shape index (κ1) is 12.9. The van der Waals surface area contributed by atoms with Crippen LogP contribution < -0.4 is 0 Å². The van der Waals surface area contributed by atoms with Crippen molar-refractivity contribution in [3.8, 4) is 0 Å². The molecule has 0 N–H and O–H groups in total. The van der Waals surface area contributed by atoms with Gasteiger partial charge < -0.3 is 0 Å². The molecule has 0 saturated heterocycles. The Hall–Kier alpha value is -1.13. The molecule has 4 heteroatoms. The average molecular weight is 334 g/mol. The van der Waals surface area contributed by atoms with Crippen molar-refractivity contribution in [2.75, 3.05) is 5.75 Å². The fourth-order valence-electron chi connectivity index (χ4n) is 2.31. The third-order valence-corrected chi connectivity index (χ3v) is 4.84. The fourth-order valence-corrected chi connectivity index (χ4v) is 3.98. The maximum Gasteiger partial charge on any atom is 0.145 e. The van der Waals surface area contributed by atoms with Gasteiger partial charge in [-0.3, -0.25) is 9.78 Å². The minimum atomic E-state index is 0.0279. The number of fused-ring (bicyclic) bond motifs is 1. The standard InChI is InChI=1S/C15H12BrNOS/c16-11-5-10(7-17-8-11)6-14(18)13-9-19-15-4-2-1-3-12(13)15/h1-5,7-8,13H,6,9H2. The number of ketones is 1. The Kier molecular flexibility index (Phi) is 3.71. The van der Waals surface area contributed by atoms with E-state index in [2.05, 4.69) is 33.0 Å². The highest BCUT2D eigenvalue weighted by Gasteiger charge is 2.28. The monoisotopic (exact) mass is 333 g/mol. The van der Waals surface area contributed by atoms with E-state index in [1.807, 2.05) is 18.2 Å². The van der Waals surface area contributed by atoms with Gasteiger partial charge in [-0.2, -0.15) is 0 Å². The highest BCUT2D eigenvalue weighted by molar-refractivity contribution is 9.10. The summed E-state index contributed by atoms with van der Waals surface area (Å²) in [5, 5.41) is 0. The molecule has 2 aromatic rings. The zero-order valence-corrected chi connectivity index (χ0v) is 12.6. The molecule has 1 unspecified atom stereocenters. The first-order valence-electron chi connectivity index (χ1n) is 6.08. The van der Waals surface area contributed by atoms with Crippen molar-refractivity contribution in [3.05, 3.63) is 58.3 Å². The second-order valence-corrected chi connectivity index (χ2v) is 6.53. The lowest BCUT2D eigenvalue weighted by Crippen LogP contribution is -2.14. The predicted molar refractivity (Wildman–Crippen MR) is 80.6 cm³/mol. The van der Waals surface area contributed by atoms with Crippen molar-refractivity contribution in [3.63, 3.8) is 0 Å². The maximum absolute atomic E-state index is 12.4. The first-order chi connectivity index (χ1) is 9.24. The second-order valence-electron chi connectivity index (χ2n) is 4.56. The molecule has 2 nitrogen and oxygen atoms in total. The highest BCUT2D eigenvalue weighted by atomic mass is 79.9. The molecule has 1 aromatic carbocycles. The summed E-state index contributed by atoms with van der Waals surface area (Å²) in [6, 6.07) is 10.1. The van der Waals surface area contributed by atoms with Crippen LogP contribution in [0.15, 0.2) is 52.1 Å². The zero-order valence-electron chi connectivity index (χ0n) is 10.2. The molecule has 0 amide bonds.